The van der Waals surface area contributed by atoms with Gasteiger partial charge < -0.3 is 9.84 Å². The van der Waals surface area contributed by atoms with Crippen LogP contribution < -0.4 is 4.74 Å². The molecule has 0 radical (unpaired) electrons. The fourth-order valence-electron chi connectivity index (χ4n) is 1.97. The number of nitrogens with zero attached hydrogens (tertiary/aromatic N) is 2. The maximum atomic E-state index is 10.8. The molecule has 1 heterocycles. The van der Waals surface area contributed by atoms with E-state index in [2.05, 4.69) is 15.2 Å². The molecule has 3 aromatic rings. The number of thioether (sulfide) groups is 1. The summed E-state index contributed by atoms with van der Waals surface area (Å²) < 4.78 is 5.61. The third-order valence-corrected chi connectivity index (χ3v) is 4.12. The van der Waals surface area contributed by atoms with Gasteiger partial charge in [-0.25, -0.2) is 9.78 Å². The molecule has 0 spiro atoms. The van der Waals surface area contributed by atoms with Crippen LogP contribution in [0.1, 0.15) is 21.7 Å². The molecule has 0 amide bonds. The van der Waals surface area contributed by atoms with Crippen molar-refractivity contribution in [1.82, 2.24) is 15.2 Å². The number of nitrogens with one attached hydrogen (secondary N) is 1. The van der Waals surface area contributed by atoms with Crippen LogP contribution in [-0.4, -0.2) is 26.3 Å². The summed E-state index contributed by atoms with van der Waals surface area (Å²) in [4.78, 5) is 15.2. The molecule has 7 heteroatoms. The molecule has 3 rings (SSSR count). The number of H-pyrrole nitrogens is 1. The van der Waals surface area contributed by atoms with E-state index in [4.69, 9.17) is 9.84 Å². The van der Waals surface area contributed by atoms with E-state index in [-0.39, 0.29) is 5.56 Å². The van der Waals surface area contributed by atoms with Gasteiger partial charge in [-0.2, -0.15) is 0 Å². The average molecular weight is 341 g/mol. The molecule has 2 aromatic carbocycles. The standard InChI is InChI=1S/C17H15N3O3S/c21-16(22)13-8-6-12(7-9-13)11-24-17-18-15(19-20-17)10-23-14-4-2-1-3-5-14/h1-9H,10-11H2,(H,21,22)(H,18,19,20). The van der Waals surface area contributed by atoms with Crippen molar-refractivity contribution in [3.8, 4) is 5.75 Å². The van der Waals surface area contributed by atoms with Gasteiger partial charge in [0.15, 0.2) is 5.82 Å². The van der Waals surface area contributed by atoms with Crippen molar-refractivity contribution in [2.45, 2.75) is 17.5 Å². The summed E-state index contributed by atoms with van der Waals surface area (Å²) in [5.41, 5.74) is 1.29. The van der Waals surface area contributed by atoms with E-state index < -0.39 is 5.97 Å². The molecular formula is C17H15N3O3S. The van der Waals surface area contributed by atoms with Crippen molar-refractivity contribution in [2.75, 3.05) is 0 Å². The Hall–Kier alpha value is -2.80. The maximum Gasteiger partial charge on any atom is 0.335 e. The third-order valence-electron chi connectivity index (χ3n) is 3.20. The zero-order valence-electron chi connectivity index (χ0n) is 12.7. The number of hydrogen-bond donors (Lipinski definition) is 2. The maximum absolute atomic E-state index is 10.8. The molecule has 0 saturated heterocycles. The van der Waals surface area contributed by atoms with Gasteiger partial charge in [-0.3, -0.25) is 5.10 Å². The highest BCUT2D eigenvalue weighted by atomic mass is 32.2. The first-order valence-corrected chi connectivity index (χ1v) is 8.23. The molecular weight excluding hydrogens is 326 g/mol. The number of carboxylic acid groups (broad SMARTS) is 1. The Morgan fingerprint density at radius 1 is 1.12 bits per heavy atom. The van der Waals surface area contributed by atoms with Gasteiger partial charge in [-0.05, 0) is 29.8 Å². The van der Waals surface area contributed by atoms with E-state index in [0.29, 0.717) is 23.3 Å². The number of hydrogen-bond acceptors (Lipinski definition) is 5. The lowest BCUT2D eigenvalue weighted by Crippen LogP contribution is -1.97. The van der Waals surface area contributed by atoms with E-state index in [1.165, 1.54) is 11.8 Å². The first-order valence-electron chi connectivity index (χ1n) is 7.25. The second-order valence-electron chi connectivity index (χ2n) is 4.96. The predicted molar refractivity (Wildman–Crippen MR) is 90.1 cm³/mol. The first kappa shape index (κ1) is 16.1. The van der Waals surface area contributed by atoms with Gasteiger partial charge in [0.05, 0.1) is 5.56 Å². The van der Waals surface area contributed by atoms with E-state index in [0.717, 1.165) is 11.3 Å². The molecule has 2 N–H and O–H groups in total. The summed E-state index contributed by atoms with van der Waals surface area (Å²) in [5.74, 6) is 1.17. The number of aromatic nitrogens is 3. The van der Waals surface area contributed by atoms with Gasteiger partial charge >= 0.3 is 5.97 Å². The number of aromatic amines is 1. The summed E-state index contributed by atoms with van der Waals surface area (Å²) in [6.45, 7) is 0.324. The van der Waals surface area contributed by atoms with Crippen molar-refractivity contribution in [1.29, 1.82) is 0 Å². The summed E-state index contributed by atoms with van der Waals surface area (Å²) in [6.07, 6.45) is 0. The molecule has 0 saturated carbocycles. The van der Waals surface area contributed by atoms with Crippen molar-refractivity contribution < 1.29 is 14.6 Å². The van der Waals surface area contributed by atoms with Crippen LogP contribution in [0.3, 0.4) is 0 Å². The fraction of sp³-hybridized carbons (Fsp3) is 0.118. The molecule has 0 unspecified atom stereocenters. The molecule has 0 atom stereocenters. The van der Waals surface area contributed by atoms with Gasteiger partial charge in [0.2, 0.25) is 5.16 Å². The summed E-state index contributed by atoms with van der Waals surface area (Å²) in [6, 6.07) is 16.3. The Morgan fingerprint density at radius 3 is 2.58 bits per heavy atom. The zero-order chi connectivity index (χ0) is 16.8. The summed E-state index contributed by atoms with van der Waals surface area (Å²) in [7, 11) is 0. The minimum absolute atomic E-state index is 0.280. The van der Waals surface area contributed by atoms with Gasteiger partial charge in [0, 0.05) is 5.75 Å². The van der Waals surface area contributed by atoms with Crippen molar-refractivity contribution in [3.63, 3.8) is 0 Å². The predicted octanol–water partition coefficient (Wildman–Crippen LogP) is 3.37. The lowest BCUT2D eigenvalue weighted by molar-refractivity contribution is 0.0697. The number of aromatic carboxylic acids is 1. The van der Waals surface area contributed by atoms with Crippen LogP contribution in [-0.2, 0) is 12.4 Å². The lowest BCUT2D eigenvalue weighted by atomic mass is 10.1. The van der Waals surface area contributed by atoms with Crippen LogP contribution in [0.4, 0.5) is 0 Å². The first-order chi connectivity index (χ1) is 11.7. The Morgan fingerprint density at radius 2 is 1.88 bits per heavy atom. The van der Waals surface area contributed by atoms with Crippen molar-refractivity contribution in [3.05, 3.63) is 71.5 Å². The van der Waals surface area contributed by atoms with E-state index in [1.807, 2.05) is 30.3 Å². The lowest BCUT2D eigenvalue weighted by Gasteiger charge is -2.02. The van der Waals surface area contributed by atoms with Crippen LogP contribution in [0, 0.1) is 0 Å². The van der Waals surface area contributed by atoms with Gasteiger partial charge in [-0.15, -0.1) is 5.10 Å². The molecule has 0 fully saturated rings. The number of para-hydroxylation sites is 1. The van der Waals surface area contributed by atoms with Crippen molar-refractivity contribution in [2.24, 2.45) is 0 Å². The minimum atomic E-state index is -0.925. The SMILES string of the molecule is O=C(O)c1ccc(CSc2n[nH]c(COc3ccccc3)n2)cc1. The molecule has 0 aliphatic rings. The van der Waals surface area contributed by atoms with Gasteiger partial charge in [0.25, 0.3) is 0 Å². The summed E-state index contributed by atoms with van der Waals surface area (Å²) in [5, 5.41) is 16.5. The Balaban J connectivity index is 1.51. The number of benzene rings is 2. The molecule has 24 heavy (non-hydrogen) atoms. The third kappa shape index (κ3) is 4.36. The van der Waals surface area contributed by atoms with Crippen LogP contribution in [0.15, 0.2) is 59.8 Å². The largest absolute Gasteiger partial charge is 0.486 e. The molecule has 0 aliphatic heterocycles. The topological polar surface area (TPSA) is 88.1 Å². The van der Waals surface area contributed by atoms with Crippen molar-refractivity contribution >= 4 is 17.7 Å². The van der Waals surface area contributed by atoms with Crippen LogP contribution in [0.25, 0.3) is 0 Å². The van der Waals surface area contributed by atoms with Gasteiger partial charge in [-0.1, -0.05) is 42.1 Å². The number of carboxylic acids is 1. The van der Waals surface area contributed by atoms with Gasteiger partial charge in [0.1, 0.15) is 12.4 Å². The zero-order valence-corrected chi connectivity index (χ0v) is 13.5. The van der Waals surface area contributed by atoms with Crippen LogP contribution >= 0.6 is 11.8 Å². The average Bonchev–Trinajstić information content (AvgIpc) is 3.07. The smallest absolute Gasteiger partial charge is 0.335 e. The Labute approximate surface area is 142 Å². The Kier molecular flexibility index (Phi) is 5.12. The highest BCUT2D eigenvalue weighted by Gasteiger charge is 2.06. The van der Waals surface area contributed by atoms with E-state index in [9.17, 15) is 4.79 Å². The quantitative estimate of drug-likeness (QED) is 0.641. The molecule has 1 aromatic heterocycles. The molecule has 122 valence electrons. The van der Waals surface area contributed by atoms with Crippen LogP contribution in [0.5, 0.6) is 5.75 Å². The van der Waals surface area contributed by atoms with E-state index in [1.54, 1.807) is 24.3 Å². The normalized spacial score (nSPS) is 10.5. The van der Waals surface area contributed by atoms with Crippen LogP contribution in [0.2, 0.25) is 0 Å². The monoisotopic (exact) mass is 341 g/mol. The number of rotatable bonds is 7. The highest BCUT2D eigenvalue weighted by molar-refractivity contribution is 7.98. The Bertz CT molecular complexity index is 803. The second-order valence-corrected chi connectivity index (χ2v) is 5.90. The molecule has 0 bridgehead atoms. The number of carbonyl (C=O) groups is 1. The fourth-order valence-corrected chi connectivity index (χ4v) is 2.74. The molecule has 6 nitrogen and oxygen atoms in total. The van der Waals surface area contributed by atoms with E-state index >= 15 is 0 Å². The minimum Gasteiger partial charge on any atom is -0.486 e. The molecule has 0 aliphatic carbocycles. The second kappa shape index (κ2) is 7.65. The summed E-state index contributed by atoms with van der Waals surface area (Å²) >= 11 is 1.47. The highest BCUT2D eigenvalue weighted by Crippen LogP contribution is 2.20. The number of ether oxygens (including phenoxy) is 1.